The van der Waals surface area contributed by atoms with Crippen LogP contribution in [0.3, 0.4) is 0 Å². The van der Waals surface area contributed by atoms with E-state index in [4.69, 9.17) is 16.7 Å². The number of aryl methyl sites for hydroxylation is 1. The molecule has 1 aromatic carbocycles. The highest BCUT2D eigenvalue weighted by atomic mass is 35.5. The van der Waals surface area contributed by atoms with Gasteiger partial charge in [0, 0.05) is 48.5 Å². The van der Waals surface area contributed by atoms with Gasteiger partial charge in [-0.1, -0.05) is 29.8 Å². The van der Waals surface area contributed by atoms with Gasteiger partial charge in [0.15, 0.2) is 0 Å². The number of hydrogen-bond donors (Lipinski definition) is 1. The first-order valence-corrected chi connectivity index (χ1v) is 8.64. The Morgan fingerprint density at radius 3 is 2.71 bits per heavy atom. The molecule has 1 aromatic heterocycles. The smallest absolute Gasteiger partial charge is 0.0677 e. The lowest BCUT2D eigenvalue weighted by Crippen LogP contribution is -2.48. The molecular formula is C18H26Cl2N4. The molecule has 2 heterocycles. The second-order valence-corrected chi connectivity index (χ2v) is 6.90. The van der Waals surface area contributed by atoms with E-state index in [0.717, 1.165) is 49.0 Å². The first kappa shape index (κ1) is 19.3. The number of nitrogens with one attached hydrogen (secondary N) is 1. The van der Waals surface area contributed by atoms with Gasteiger partial charge in [0.1, 0.15) is 0 Å². The summed E-state index contributed by atoms with van der Waals surface area (Å²) < 4.78 is 2.08. The largest absolute Gasteiger partial charge is 0.312 e. The van der Waals surface area contributed by atoms with E-state index in [-0.39, 0.29) is 12.4 Å². The molecule has 1 aliphatic rings. The van der Waals surface area contributed by atoms with Crippen molar-refractivity contribution in [1.82, 2.24) is 20.0 Å². The number of hydrogen-bond acceptors (Lipinski definition) is 3. The van der Waals surface area contributed by atoms with Gasteiger partial charge in [-0.3, -0.25) is 9.58 Å². The summed E-state index contributed by atoms with van der Waals surface area (Å²) in [7, 11) is 0. The molecule has 0 spiro atoms. The van der Waals surface area contributed by atoms with Crippen LogP contribution >= 0.6 is 24.0 Å². The van der Waals surface area contributed by atoms with Gasteiger partial charge in [-0.2, -0.15) is 5.10 Å². The Balaban J connectivity index is 0.00000208. The van der Waals surface area contributed by atoms with Gasteiger partial charge in [-0.15, -0.1) is 12.4 Å². The van der Waals surface area contributed by atoms with E-state index in [1.807, 2.05) is 18.2 Å². The second-order valence-electron chi connectivity index (χ2n) is 6.49. The van der Waals surface area contributed by atoms with Gasteiger partial charge in [-0.05, 0) is 32.4 Å². The number of rotatable bonds is 4. The zero-order valence-corrected chi connectivity index (χ0v) is 16.1. The Kier molecular flexibility index (Phi) is 6.70. The van der Waals surface area contributed by atoms with Gasteiger partial charge < -0.3 is 5.32 Å². The number of nitrogens with zero attached hydrogens (tertiary/aromatic N) is 3. The van der Waals surface area contributed by atoms with Crippen molar-refractivity contribution in [3.63, 3.8) is 0 Å². The standard InChI is InChI=1S/C18H25ClN4.ClH/c1-13-10-22(9-8-20-13)12-17-14(2)21-23(15(17)3)11-16-6-4-5-7-18(16)19;/h4-7,13,20H,8-12H2,1-3H3;1H/t13-;/m1./s1. The number of halogens is 2. The van der Waals surface area contributed by atoms with Crippen LogP contribution in [0.5, 0.6) is 0 Å². The first-order chi connectivity index (χ1) is 11.0. The lowest BCUT2D eigenvalue weighted by Gasteiger charge is -2.31. The van der Waals surface area contributed by atoms with Crippen LogP contribution in [0.15, 0.2) is 24.3 Å². The Labute approximate surface area is 155 Å². The minimum atomic E-state index is 0. The van der Waals surface area contributed by atoms with Gasteiger partial charge in [0.05, 0.1) is 12.2 Å². The monoisotopic (exact) mass is 368 g/mol. The average Bonchev–Trinajstić information content (AvgIpc) is 2.77. The Hall–Kier alpha value is -1.07. The van der Waals surface area contributed by atoms with Crippen LogP contribution in [-0.2, 0) is 13.1 Å². The van der Waals surface area contributed by atoms with Crippen LogP contribution in [0.2, 0.25) is 5.02 Å². The summed E-state index contributed by atoms with van der Waals surface area (Å²) in [4.78, 5) is 2.51. The molecule has 0 saturated carbocycles. The topological polar surface area (TPSA) is 33.1 Å². The predicted molar refractivity (Wildman–Crippen MR) is 102 cm³/mol. The van der Waals surface area contributed by atoms with Crippen LogP contribution in [0.4, 0.5) is 0 Å². The van der Waals surface area contributed by atoms with E-state index in [0.29, 0.717) is 6.04 Å². The van der Waals surface area contributed by atoms with Gasteiger partial charge in [-0.25, -0.2) is 0 Å². The molecule has 0 bridgehead atoms. The van der Waals surface area contributed by atoms with E-state index in [1.54, 1.807) is 0 Å². The molecular weight excluding hydrogens is 343 g/mol. The highest BCUT2D eigenvalue weighted by Crippen LogP contribution is 2.20. The number of aromatic nitrogens is 2. The molecule has 1 aliphatic heterocycles. The van der Waals surface area contributed by atoms with Crippen LogP contribution < -0.4 is 5.32 Å². The first-order valence-electron chi connectivity index (χ1n) is 8.26. The molecule has 1 atom stereocenters. The Morgan fingerprint density at radius 2 is 2.00 bits per heavy atom. The Bertz CT molecular complexity index is 684. The van der Waals surface area contributed by atoms with Crippen molar-refractivity contribution in [1.29, 1.82) is 0 Å². The second kappa shape index (κ2) is 8.34. The number of benzene rings is 1. The number of piperazine rings is 1. The van der Waals surface area contributed by atoms with Crippen molar-refractivity contribution in [2.75, 3.05) is 19.6 Å². The average molecular weight is 369 g/mol. The van der Waals surface area contributed by atoms with Gasteiger partial charge in [0.25, 0.3) is 0 Å². The molecule has 0 amide bonds. The molecule has 0 aliphatic carbocycles. The van der Waals surface area contributed by atoms with Gasteiger partial charge in [0.2, 0.25) is 0 Å². The minimum Gasteiger partial charge on any atom is -0.312 e. The highest BCUT2D eigenvalue weighted by molar-refractivity contribution is 6.31. The fourth-order valence-corrected chi connectivity index (χ4v) is 3.48. The zero-order valence-electron chi connectivity index (χ0n) is 14.6. The van der Waals surface area contributed by atoms with Crippen molar-refractivity contribution in [2.24, 2.45) is 0 Å². The van der Waals surface area contributed by atoms with E-state index in [1.165, 1.54) is 11.3 Å². The lowest BCUT2D eigenvalue weighted by atomic mass is 10.1. The summed E-state index contributed by atoms with van der Waals surface area (Å²) in [6.45, 7) is 11.5. The maximum Gasteiger partial charge on any atom is 0.0677 e. The van der Waals surface area contributed by atoms with Gasteiger partial charge >= 0.3 is 0 Å². The van der Waals surface area contributed by atoms with Crippen molar-refractivity contribution >= 4 is 24.0 Å². The van der Waals surface area contributed by atoms with Crippen LogP contribution in [0, 0.1) is 13.8 Å². The quantitative estimate of drug-likeness (QED) is 0.897. The Morgan fingerprint density at radius 1 is 1.25 bits per heavy atom. The maximum absolute atomic E-state index is 6.29. The summed E-state index contributed by atoms with van der Waals surface area (Å²) in [5.74, 6) is 0. The predicted octanol–water partition coefficient (Wildman–Crippen LogP) is 3.42. The van der Waals surface area contributed by atoms with Crippen LogP contribution in [0.25, 0.3) is 0 Å². The summed E-state index contributed by atoms with van der Waals surface area (Å²) in [5.41, 5.74) is 4.84. The summed E-state index contributed by atoms with van der Waals surface area (Å²) >= 11 is 6.29. The lowest BCUT2D eigenvalue weighted by molar-refractivity contribution is 0.199. The van der Waals surface area contributed by atoms with E-state index in [2.05, 4.69) is 41.7 Å². The third kappa shape index (κ3) is 4.31. The maximum atomic E-state index is 6.29. The molecule has 24 heavy (non-hydrogen) atoms. The van der Waals surface area contributed by atoms with E-state index < -0.39 is 0 Å². The molecule has 1 N–H and O–H groups in total. The van der Waals surface area contributed by atoms with Crippen LogP contribution in [0.1, 0.15) is 29.4 Å². The van der Waals surface area contributed by atoms with Crippen molar-refractivity contribution in [3.05, 3.63) is 51.8 Å². The molecule has 3 rings (SSSR count). The zero-order chi connectivity index (χ0) is 16.4. The summed E-state index contributed by atoms with van der Waals surface area (Å²) in [5, 5.41) is 9.04. The van der Waals surface area contributed by atoms with Crippen molar-refractivity contribution in [3.8, 4) is 0 Å². The SMILES string of the molecule is Cc1nn(Cc2ccccc2Cl)c(C)c1CN1CCN[C@H](C)C1.Cl. The van der Waals surface area contributed by atoms with Crippen LogP contribution in [-0.4, -0.2) is 40.4 Å². The molecule has 132 valence electrons. The van der Waals surface area contributed by atoms with E-state index >= 15 is 0 Å². The van der Waals surface area contributed by atoms with Crippen molar-refractivity contribution < 1.29 is 0 Å². The molecule has 1 saturated heterocycles. The normalized spacial score (nSPS) is 18.4. The molecule has 0 unspecified atom stereocenters. The third-order valence-corrected chi connectivity index (χ3v) is 5.01. The molecule has 2 aromatic rings. The molecule has 6 heteroatoms. The van der Waals surface area contributed by atoms with E-state index in [9.17, 15) is 0 Å². The van der Waals surface area contributed by atoms with Crippen molar-refractivity contribution in [2.45, 2.75) is 39.9 Å². The fraction of sp³-hybridized carbons (Fsp3) is 0.500. The summed E-state index contributed by atoms with van der Waals surface area (Å²) in [6.07, 6.45) is 0. The summed E-state index contributed by atoms with van der Waals surface area (Å²) in [6, 6.07) is 8.55. The molecule has 4 nitrogen and oxygen atoms in total. The highest BCUT2D eigenvalue weighted by Gasteiger charge is 2.19. The molecule has 0 radical (unpaired) electrons. The molecule has 1 fully saturated rings. The minimum absolute atomic E-state index is 0. The third-order valence-electron chi connectivity index (χ3n) is 4.64. The fourth-order valence-electron chi connectivity index (χ4n) is 3.28.